The molecule has 114 valence electrons. The molecule has 0 atom stereocenters. The Morgan fingerprint density at radius 2 is 1.00 bits per heavy atom. The highest BCUT2D eigenvalue weighted by Crippen LogP contribution is 2.04. The molecule has 2 aromatic carbocycles. The second-order valence-electron chi connectivity index (χ2n) is 5.42. The number of aryl methyl sites for hydroxylation is 2. The van der Waals surface area contributed by atoms with Crippen molar-refractivity contribution in [3.05, 3.63) is 81.2 Å². The maximum atomic E-state index is 11.8. The predicted octanol–water partition coefficient (Wildman–Crippen LogP) is 3.17. The Bertz CT molecular complexity index is 610. The molecule has 0 aliphatic rings. The Morgan fingerprint density at radius 3 is 1.32 bits per heavy atom. The normalized spacial score (nSPS) is 12.5. The van der Waals surface area contributed by atoms with Gasteiger partial charge >= 0.3 is 0 Å². The van der Waals surface area contributed by atoms with Crippen molar-refractivity contribution in [3.63, 3.8) is 0 Å². The van der Waals surface area contributed by atoms with Crippen LogP contribution >= 0.6 is 0 Å². The van der Waals surface area contributed by atoms with Gasteiger partial charge in [-0.3, -0.25) is 0 Å². The molecule has 0 saturated heterocycles. The lowest BCUT2D eigenvalue weighted by molar-refractivity contribution is -0.482. The molecular weight excluding hydrogens is 276 g/mol. The Hall–Kier alpha value is -2.62. The van der Waals surface area contributed by atoms with E-state index < -0.39 is 0 Å². The third-order valence-corrected chi connectivity index (χ3v) is 3.32. The Morgan fingerprint density at radius 1 is 0.682 bits per heavy atom. The quantitative estimate of drug-likeness (QED) is 0.368. The largest absolute Gasteiger partial charge is 0.623 e. The molecule has 0 bridgehead atoms. The van der Waals surface area contributed by atoms with Crippen molar-refractivity contribution in [1.29, 1.82) is 0 Å². The van der Waals surface area contributed by atoms with Gasteiger partial charge in [-0.05, 0) is 13.8 Å². The standard InChI is InChI=1S/C18H20N2O2/c1-15-3-7-17(8-4-15)13-19(21)11-12-20(22)14-18-9-5-16(2)6-10-18/h3-12H,13-14H2,1-2H3/b19-11-,20-12-. The lowest BCUT2D eigenvalue weighted by Gasteiger charge is -2.05. The first-order chi connectivity index (χ1) is 10.5. The molecule has 0 aromatic heterocycles. The summed E-state index contributed by atoms with van der Waals surface area (Å²) in [5, 5.41) is 23.5. The number of hydrogen-bond acceptors (Lipinski definition) is 2. The summed E-state index contributed by atoms with van der Waals surface area (Å²) in [6, 6.07) is 15.5. The summed E-state index contributed by atoms with van der Waals surface area (Å²) in [7, 11) is 0. The SMILES string of the molecule is Cc1ccc(C/[N+]([O-])=C/C=[N+](\[O-])Cc2ccc(C)cc2)cc1. The van der Waals surface area contributed by atoms with Crippen molar-refractivity contribution in [3.8, 4) is 0 Å². The highest BCUT2D eigenvalue weighted by Gasteiger charge is 2.00. The van der Waals surface area contributed by atoms with Gasteiger partial charge < -0.3 is 10.4 Å². The van der Waals surface area contributed by atoms with Gasteiger partial charge in [0.05, 0.1) is 0 Å². The highest BCUT2D eigenvalue weighted by molar-refractivity contribution is 6.10. The summed E-state index contributed by atoms with van der Waals surface area (Å²) in [6.07, 6.45) is 2.53. The number of benzene rings is 2. The molecule has 0 heterocycles. The highest BCUT2D eigenvalue weighted by atomic mass is 16.5. The zero-order chi connectivity index (χ0) is 15.9. The van der Waals surface area contributed by atoms with Crippen molar-refractivity contribution in [2.75, 3.05) is 0 Å². The molecule has 0 spiro atoms. The minimum absolute atomic E-state index is 0.231. The molecule has 0 saturated carbocycles. The fourth-order valence-corrected chi connectivity index (χ4v) is 2.00. The third-order valence-electron chi connectivity index (χ3n) is 3.32. The van der Waals surface area contributed by atoms with Gasteiger partial charge in [0, 0.05) is 11.1 Å². The zero-order valence-corrected chi connectivity index (χ0v) is 12.9. The molecule has 4 nitrogen and oxygen atoms in total. The minimum atomic E-state index is 0.231. The number of hydrogen-bond donors (Lipinski definition) is 0. The van der Waals surface area contributed by atoms with Gasteiger partial charge in [-0.25, -0.2) is 9.48 Å². The van der Waals surface area contributed by atoms with Crippen molar-refractivity contribution < 1.29 is 9.48 Å². The molecule has 0 fully saturated rings. The lowest BCUT2D eigenvalue weighted by Crippen LogP contribution is -2.11. The van der Waals surface area contributed by atoms with E-state index in [1.54, 1.807) is 0 Å². The minimum Gasteiger partial charge on any atom is -0.623 e. The first kappa shape index (κ1) is 15.8. The Balaban J connectivity index is 1.95. The molecular formula is C18H20N2O2. The molecule has 0 aliphatic heterocycles. The predicted molar refractivity (Wildman–Crippen MR) is 89.1 cm³/mol. The summed E-state index contributed by atoms with van der Waals surface area (Å²) < 4.78 is 1.51. The van der Waals surface area contributed by atoms with Gasteiger partial charge in [0.15, 0.2) is 13.1 Å². The molecule has 0 aliphatic carbocycles. The summed E-state index contributed by atoms with van der Waals surface area (Å²) in [5.41, 5.74) is 4.14. The smallest absolute Gasteiger partial charge is 0.240 e. The van der Waals surface area contributed by atoms with Crippen LogP contribution < -0.4 is 0 Å². The monoisotopic (exact) mass is 296 g/mol. The van der Waals surface area contributed by atoms with E-state index in [9.17, 15) is 10.4 Å². The van der Waals surface area contributed by atoms with Crippen LogP contribution in [0.5, 0.6) is 0 Å². The third kappa shape index (κ3) is 5.05. The number of nitrogens with zero attached hydrogens (tertiary/aromatic N) is 2. The Kier molecular flexibility index (Phi) is 5.31. The van der Waals surface area contributed by atoms with E-state index in [0.717, 1.165) is 31.7 Å². The molecule has 0 radical (unpaired) electrons. The van der Waals surface area contributed by atoms with Gasteiger partial charge in [-0.1, -0.05) is 59.7 Å². The lowest BCUT2D eigenvalue weighted by atomic mass is 10.1. The van der Waals surface area contributed by atoms with Crippen LogP contribution in [0, 0.1) is 24.3 Å². The first-order valence-corrected chi connectivity index (χ1v) is 7.20. The van der Waals surface area contributed by atoms with E-state index in [1.807, 2.05) is 62.4 Å². The van der Waals surface area contributed by atoms with Crippen LogP contribution in [0.15, 0.2) is 48.5 Å². The van der Waals surface area contributed by atoms with Crippen LogP contribution in [0.1, 0.15) is 22.3 Å². The van der Waals surface area contributed by atoms with Gasteiger partial charge in [0.1, 0.15) is 0 Å². The van der Waals surface area contributed by atoms with Gasteiger partial charge in [-0.15, -0.1) is 0 Å². The molecule has 0 N–H and O–H groups in total. The summed E-state index contributed by atoms with van der Waals surface area (Å²) in [4.78, 5) is 0. The van der Waals surface area contributed by atoms with Crippen LogP contribution in [0.2, 0.25) is 0 Å². The average Bonchev–Trinajstić information content (AvgIpc) is 2.50. The second kappa shape index (κ2) is 7.41. The van der Waals surface area contributed by atoms with E-state index >= 15 is 0 Å². The number of rotatable bonds is 5. The molecule has 2 rings (SSSR count). The maximum Gasteiger partial charge on any atom is 0.240 e. The summed E-state index contributed by atoms with van der Waals surface area (Å²) in [6.45, 7) is 4.46. The Labute approximate surface area is 130 Å². The first-order valence-electron chi connectivity index (χ1n) is 7.20. The van der Waals surface area contributed by atoms with Crippen LogP contribution in [0.25, 0.3) is 0 Å². The van der Waals surface area contributed by atoms with Crippen molar-refractivity contribution >= 4 is 12.4 Å². The van der Waals surface area contributed by atoms with E-state index in [2.05, 4.69) is 0 Å². The topological polar surface area (TPSA) is 52.1 Å². The van der Waals surface area contributed by atoms with Crippen LogP contribution in [-0.4, -0.2) is 21.9 Å². The van der Waals surface area contributed by atoms with Crippen LogP contribution in [0.4, 0.5) is 0 Å². The van der Waals surface area contributed by atoms with Crippen LogP contribution in [0.3, 0.4) is 0 Å². The molecule has 2 aromatic rings. The fraction of sp³-hybridized carbons (Fsp3) is 0.222. The molecule has 22 heavy (non-hydrogen) atoms. The van der Waals surface area contributed by atoms with Gasteiger partial charge in [0.2, 0.25) is 12.4 Å². The van der Waals surface area contributed by atoms with E-state index in [0.29, 0.717) is 0 Å². The van der Waals surface area contributed by atoms with Gasteiger partial charge in [-0.2, -0.15) is 0 Å². The number of hydroxylamine groups is 2. The maximum absolute atomic E-state index is 11.8. The van der Waals surface area contributed by atoms with Crippen molar-refractivity contribution in [1.82, 2.24) is 0 Å². The average molecular weight is 296 g/mol. The van der Waals surface area contributed by atoms with Crippen molar-refractivity contribution in [2.45, 2.75) is 26.9 Å². The summed E-state index contributed by atoms with van der Waals surface area (Å²) >= 11 is 0. The second-order valence-corrected chi connectivity index (χ2v) is 5.42. The summed E-state index contributed by atoms with van der Waals surface area (Å²) in [5.74, 6) is 0. The van der Waals surface area contributed by atoms with Crippen LogP contribution in [-0.2, 0) is 13.1 Å². The van der Waals surface area contributed by atoms with E-state index in [-0.39, 0.29) is 13.1 Å². The van der Waals surface area contributed by atoms with Gasteiger partial charge in [0.25, 0.3) is 0 Å². The molecule has 0 amide bonds. The van der Waals surface area contributed by atoms with Crippen molar-refractivity contribution in [2.24, 2.45) is 0 Å². The van der Waals surface area contributed by atoms with E-state index in [1.165, 1.54) is 12.4 Å². The zero-order valence-electron chi connectivity index (χ0n) is 12.9. The fourth-order valence-electron chi connectivity index (χ4n) is 2.00. The van der Waals surface area contributed by atoms with E-state index in [4.69, 9.17) is 0 Å². The molecule has 0 unspecified atom stereocenters. The molecule has 4 heteroatoms.